The summed E-state index contributed by atoms with van der Waals surface area (Å²) in [7, 11) is -0.604. The van der Waals surface area contributed by atoms with Crippen LogP contribution in [0.25, 0.3) is 0 Å². The highest BCUT2D eigenvalue weighted by Gasteiger charge is 2.25. The molecule has 2 unspecified atom stereocenters. The summed E-state index contributed by atoms with van der Waals surface area (Å²) >= 11 is 0. The van der Waals surface area contributed by atoms with Crippen molar-refractivity contribution in [2.45, 2.75) is 32.2 Å². The average Bonchev–Trinajstić information content (AvgIpc) is 2.45. The van der Waals surface area contributed by atoms with Crippen molar-refractivity contribution < 1.29 is 8.42 Å². The Hall–Kier alpha value is -0.170. The Kier molecular flexibility index (Phi) is 6.68. The van der Waals surface area contributed by atoms with E-state index in [4.69, 9.17) is 0 Å². The van der Waals surface area contributed by atoms with Crippen LogP contribution in [0, 0.1) is 5.92 Å². The average molecular weight is 332 g/mol. The standard InChI is InChI=1S/C16H33N3O2S/c1-15(13-16-5-4-6-17(2)14-16)19-9-7-18(8-10-19)11-12-22(3,20)21/h15-16H,4-14H2,1-3H3. The first-order valence-corrected chi connectivity index (χ1v) is 10.7. The first kappa shape index (κ1) is 18.2. The van der Waals surface area contributed by atoms with Crippen LogP contribution in [-0.2, 0) is 9.84 Å². The van der Waals surface area contributed by atoms with Crippen LogP contribution in [-0.4, -0.2) is 94.0 Å². The van der Waals surface area contributed by atoms with Crippen molar-refractivity contribution in [3.05, 3.63) is 0 Å². The minimum Gasteiger partial charge on any atom is -0.306 e. The van der Waals surface area contributed by atoms with E-state index >= 15 is 0 Å². The molecule has 0 radical (unpaired) electrons. The number of sulfone groups is 1. The van der Waals surface area contributed by atoms with E-state index in [9.17, 15) is 8.42 Å². The Morgan fingerprint density at radius 3 is 2.41 bits per heavy atom. The van der Waals surface area contributed by atoms with Crippen molar-refractivity contribution >= 4 is 9.84 Å². The summed E-state index contributed by atoms with van der Waals surface area (Å²) in [4.78, 5) is 7.34. The maximum atomic E-state index is 11.3. The molecule has 0 aromatic heterocycles. The predicted molar refractivity (Wildman–Crippen MR) is 92.0 cm³/mol. The van der Waals surface area contributed by atoms with Crippen LogP contribution in [0.5, 0.6) is 0 Å². The number of piperazine rings is 1. The molecule has 5 nitrogen and oxygen atoms in total. The van der Waals surface area contributed by atoms with Gasteiger partial charge in [0, 0.05) is 51.6 Å². The van der Waals surface area contributed by atoms with Crippen LogP contribution < -0.4 is 0 Å². The lowest BCUT2D eigenvalue weighted by Gasteiger charge is -2.40. The molecule has 0 spiro atoms. The lowest BCUT2D eigenvalue weighted by Crippen LogP contribution is -2.51. The molecule has 2 aliphatic rings. The smallest absolute Gasteiger partial charge is 0.148 e. The highest BCUT2D eigenvalue weighted by Crippen LogP contribution is 2.22. The lowest BCUT2D eigenvalue weighted by molar-refractivity contribution is 0.0847. The minimum absolute atomic E-state index is 0.289. The zero-order valence-electron chi connectivity index (χ0n) is 14.5. The molecular formula is C16H33N3O2S. The monoisotopic (exact) mass is 331 g/mol. The maximum absolute atomic E-state index is 11.3. The Labute approximate surface area is 136 Å². The van der Waals surface area contributed by atoms with Gasteiger partial charge in [0.1, 0.15) is 9.84 Å². The fraction of sp³-hybridized carbons (Fsp3) is 1.00. The summed E-state index contributed by atoms with van der Waals surface area (Å²) in [6.45, 7) is 9.72. The number of nitrogens with zero attached hydrogens (tertiary/aromatic N) is 3. The molecule has 2 rings (SSSR count). The van der Waals surface area contributed by atoms with Crippen molar-refractivity contribution in [1.29, 1.82) is 0 Å². The summed E-state index contributed by atoms with van der Waals surface area (Å²) in [5, 5.41) is 0. The van der Waals surface area contributed by atoms with Crippen molar-refractivity contribution in [1.82, 2.24) is 14.7 Å². The molecule has 2 aliphatic heterocycles. The fourth-order valence-corrected chi connectivity index (χ4v) is 4.41. The van der Waals surface area contributed by atoms with Gasteiger partial charge in [0.2, 0.25) is 0 Å². The molecule has 0 N–H and O–H groups in total. The van der Waals surface area contributed by atoms with Gasteiger partial charge in [-0.1, -0.05) is 0 Å². The molecule has 130 valence electrons. The second-order valence-corrected chi connectivity index (χ2v) is 9.62. The predicted octanol–water partition coefficient (Wildman–Crippen LogP) is 0.769. The molecule has 0 bridgehead atoms. The Morgan fingerprint density at radius 2 is 1.82 bits per heavy atom. The summed E-state index contributed by atoms with van der Waals surface area (Å²) < 4.78 is 22.5. The molecule has 0 amide bonds. The summed E-state index contributed by atoms with van der Waals surface area (Å²) in [6.07, 6.45) is 5.34. The summed E-state index contributed by atoms with van der Waals surface area (Å²) in [5.74, 6) is 1.13. The van der Waals surface area contributed by atoms with Crippen LogP contribution >= 0.6 is 0 Å². The number of piperidine rings is 1. The SMILES string of the molecule is CC(CC1CCCN(C)C1)N1CCN(CCS(C)(=O)=O)CC1. The normalized spacial score (nSPS) is 27.9. The van der Waals surface area contributed by atoms with E-state index in [1.807, 2.05) is 0 Å². The third kappa shape index (κ3) is 6.14. The number of hydrogen-bond acceptors (Lipinski definition) is 5. The van der Waals surface area contributed by atoms with Crippen LogP contribution in [0.3, 0.4) is 0 Å². The molecule has 6 heteroatoms. The summed E-state index contributed by atoms with van der Waals surface area (Å²) in [5.41, 5.74) is 0. The van der Waals surface area contributed by atoms with Crippen LogP contribution in [0.2, 0.25) is 0 Å². The van der Waals surface area contributed by atoms with Gasteiger partial charge in [0.25, 0.3) is 0 Å². The molecular weight excluding hydrogens is 298 g/mol. The zero-order valence-corrected chi connectivity index (χ0v) is 15.3. The van der Waals surface area contributed by atoms with Crippen molar-refractivity contribution in [2.75, 3.05) is 64.9 Å². The van der Waals surface area contributed by atoms with Gasteiger partial charge < -0.3 is 4.90 Å². The van der Waals surface area contributed by atoms with Gasteiger partial charge in [-0.3, -0.25) is 9.80 Å². The van der Waals surface area contributed by atoms with Crippen LogP contribution in [0.4, 0.5) is 0 Å². The van der Waals surface area contributed by atoms with Gasteiger partial charge in [0.15, 0.2) is 0 Å². The first-order valence-electron chi connectivity index (χ1n) is 8.66. The Balaban J connectivity index is 1.69. The molecule has 2 saturated heterocycles. The van der Waals surface area contributed by atoms with Gasteiger partial charge in [-0.15, -0.1) is 0 Å². The first-order chi connectivity index (χ1) is 10.3. The van der Waals surface area contributed by atoms with Gasteiger partial charge in [-0.2, -0.15) is 0 Å². The number of likely N-dealkylation sites (tertiary alicyclic amines) is 1. The van der Waals surface area contributed by atoms with E-state index in [1.165, 1.54) is 38.6 Å². The van der Waals surface area contributed by atoms with E-state index in [2.05, 4.69) is 28.7 Å². The highest BCUT2D eigenvalue weighted by molar-refractivity contribution is 7.90. The van der Waals surface area contributed by atoms with Crippen molar-refractivity contribution in [3.8, 4) is 0 Å². The largest absolute Gasteiger partial charge is 0.306 e. The van der Waals surface area contributed by atoms with Crippen molar-refractivity contribution in [3.63, 3.8) is 0 Å². The van der Waals surface area contributed by atoms with E-state index in [0.717, 1.165) is 32.1 Å². The molecule has 0 saturated carbocycles. The van der Waals surface area contributed by atoms with Gasteiger partial charge in [-0.25, -0.2) is 8.42 Å². The quantitative estimate of drug-likeness (QED) is 0.719. The zero-order chi connectivity index (χ0) is 16.2. The lowest BCUT2D eigenvalue weighted by atomic mass is 9.91. The number of hydrogen-bond donors (Lipinski definition) is 0. The fourth-order valence-electron chi connectivity index (χ4n) is 3.82. The second kappa shape index (κ2) is 8.08. The molecule has 2 fully saturated rings. The molecule has 0 aromatic rings. The van der Waals surface area contributed by atoms with Crippen molar-refractivity contribution in [2.24, 2.45) is 5.92 Å². The third-order valence-corrected chi connectivity index (χ3v) is 6.13. The summed E-state index contributed by atoms with van der Waals surface area (Å²) in [6, 6.07) is 0.647. The topological polar surface area (TPSA) is 43.9 Å². The molecule has 2 atom stereocenters. The Morgan fingerprint density at radius 1 is 1.14 bits per heavy atom. The van der Waals surface area contributed by atoms with E-state index < -0.39 is 9.84 Å². The third-order valence-electron chi connectivity index (χ3n) is 5.21. The van der Waals surface area contributed by atoms with Crippen LogP contribution in [0.1, 0.15) is 26.2 Å². The molecule has 0 aliphatic carbocycles. The van der Waals surface area contributed by atoms with Gasteiger partial charge >= 0.3 is 0 Å². The van der Waals surface area contributed by atoms with E-state index in [-0.39, 0.29) is 5.75 Å². The molecule has 22 heavy (non-hydrogen) atoms. The van der Waals surface area contributed by atoms with Crippen LogP contribution in [0.15, 0.2) is 0 Å². The molecule has 0 aromatic carbocycles. The highest BCUT2D eigenvalue weighted by atomic mass is 32.2. The van der Waals surface area contributed by atoms with Gasteiger partial charge in [-0.05, 0) is 45.7 Å². The molecule has 2 heterocycles. The van der Waals surface area contributed by atoms with E-state index in [1.54, 1.807) is 0 Å². The van der Waals surface area contributed by atoms with E-state index in [0.29, 0.717) is 12.6 Å². The Bertz CT molecular complexity index is 433. The van der Waals surface area contributed by atoms with Gasteiger partial charge in [0.05, 0.1) is 5.75 Å². The minimum atomic E-state index is -2.84. The number of rotatable bonds is 6. The second-order valence-electron chi connectivity index (χ2n) is 7.36. The maximum Gasteiger partial charge on any atom is 0.148 e.